The van der Waals surface area contributed by atoms with E-state index in [1.165, 1.54) is 18.2 Å². The number of aromatic nitrogens is 1. The van der Waals surface area contributed by atoms with Crippen molar-refractivity contribution in [2.45, 2.75) is 0 Å². The van der Waals surface area contributed by atoms with Gasteiger partial charge in [0.25, 0.3) is 5.69 Å². The molecule has 0 amide bonds. The van der Waals surface area contributed by atoms with Crippen LogP contribution in [-0.4, -0.2) is 15.0 Å². The van der Waals surface area contributed by atoms with Crippen LogP contribution in [0.25, 0.3) is 23.1 Å². The van der Waals surface area contributed by atoms with Crippen LogP contribution in [0.5, 0.6) is 5.75 Å². The third kappa shape index (κ3) is 3.18. The zero-order chi connectivity index (χ0) is 17.3. The maximum absolute atomic E-state index is 10.6. The Morgan fingerprint density at radius 2 is 1.75 bits per heavy atom. The highest BCUT2D eigenvalue weighted by Gasteiger charge is 2.10. The van der Waals surface area contributed by atoms with E-state index in [-0.39, 0.29) is 16.5 Å². The van der Waals surface area contributed by atoms with Gasteiger partial charge in [-0.25, -0.2) is 4.98 Å². The third-order valence-electron chi connectivity index (χ3n) is 3.43. The maximum Gasteiger partial charge on any atom is 0.269 e. The quantitative estimate of drug-likeness (QED) is 0.506. The summed E-state index contributed by atoms with van der Waals surface area (Å²) in [6, 6.07) is 11.1. The predicted molar refractivity (Wildman–Crippen MR) is 95.5 cm³/mol. The Bertz CT molecular complexity index is 970. The number of benzene rings is 2. The smallest absolute Gasteiger partial charge is 0.269 e. The second-order valence-corrected chi connectivity index (χ2v) is 5.82. The van der Waals surface area contributed by atoms with Crippen molar-refractivity contribution < 1.29 is 10.0 Å². The van der Waals surface area contributed by atoms with Gasteiger partial charge in [-0.15, -0.1) is 0 Å². The van der Waals surface area contributed by atoms with Crippen LogP contribution < -0.4 is 0 Å². The van der Waals surface area contributed by atoms with E-state index in [9.17, 15) is 15.2 Å². The molecule has 3 rings (SSSR count). The highest BCUT2D eigenvalue weighted by atomic mass is 35.5. The second-order valence-electron chi connectivity index (χ2n) is 5.00. The molecule has 0 bridgehead atoms. The van der Waals surface area contributed by atoms with Crippen LogP contribution in [0, 0.1) is 10.1 Å². The van der Waals surface area contributed by atoms with E-state index in [4.69, 9.17) is 23.2 Å². The first-order valence-electron chi connectivity index (χ1n) is 6.86. The van der Waals surface area contributed by atoms with Gasteiger partial charge in [0.15, 0.2) is 5.75 Å². The van der Waals surface area contributed by atoms with Gasteiger partial charge in [-0.05, 0) is 42.0 Å². The highest BCUT2D eigenvalue weighted by Crippen LogP contribution is 2.36. The molecule has 0 saturated heterocycles. The molecule has 2 aromatic carbocycles. The Morgan fingerprint density at radius 3 is 2.42 bits per heavy atom. The average Bonchev–Trinajstić information content (AvgIpc) is 2.58. The first-order chi connectivity index (χ1) is 11.5. The minimum Gasteiger partial charge on any atom is -0.504 e. The van der Waals surface area contributed by atoms with Crippen LogP contribution in [0.3, 0.4) is 0 Å². The van der Waals surface area contributed by atoms with Gasteiger partial charge in [0.1, 0.15) is 5.52 Å². The SMILES string of the molecule is O=[N+]([O-])c1ccc(C=Cc2ccc3c(Cl)cc(Cl)c(O)c3n2)cc1. The van der Waals surface area contributed by atoms with Gasteiger partial charge in [-0.2, -0.15) is 0 Å². The van der Waals surface area contributed by atoms with Crippen molar-refractivity contribution in [2.75, 3.05) is 0 Å². The minimum absolute atomic E-state index is 0.0326. The molecule has 0 saturated carbocycles. The van der Waals surface area contributed by atoms with Crippen LogP contribution >= 0.6 is 23.2 Å². The van der Waals surface area contributed by atoms with E-state index in [1.54, 1.807) is 36.4 Å². The molecule has 0 atom stereocenters. The van der Waals surface area contributed by atoms with Gasteiger partial charge < -0.3 is 5.11 Å². The molecule has 1 heterocycles. The molecule has 0 unspecified atom stereocenters. The van der Waals surface area contributed by atoms with Crippen molar-refractivity contribution in [2.24, 2.45) is 0 Å². The van der Waals surface area contributed by atoms with E-state index in [0.29, 0.717) is 21.6 Å². The molecule has 0 fully saturated rings. The molecule has 1 N–H and O–H groups in total. The van der Waals surface area contributed by atoms with Crippen LogP contribution in [0.1, 0.15) is 11.3 Å². The summed E-state index contributed by atoms with van der Waals surface area (Å²) < 4.78 is 0. The number of halogens is 2. The normalized spacial score (nSPS) is 11.2. The molecule has 5 nitrogen and oxygen atoms in total. The first-order valence-corrected chi connectivity index (χ1v) is 7.61. The van der Waals surface area contributed by atoms with Gasteiger partial charge in [0, 0.05) is 17.5 Å². The first kappa shape index (κ1) is 16.2. The molecule has 3 aromatic rings. The fraction of sp³-hybridized carbons (Fsp3) is 0. The Morgan fingerprint density at radius 1 is 1.04 bits per heavy atom. The minimum atomic E-state index is -0.450. The molecular formula is C17H10Cl2N2O3. The summed E-state index contributed by atoms with van der Waals surface area (Å²) in [6.45, 7) is 0. The number of non-ortho nitro benzene ring substituents is 1. The molecule has 0 aliphatic rings. The highest BCUT2D eigenvalue weighted by molar-refractivity contribution is 6.39. The molecule has 120 valence electrons. The second kappa shape index (κ2) is 6.47. The van der Waals surface area contributed by atoms with E-state index in [0.717, 1.165) is 5.56 Å². The number of fused-ring (bicyclic) bond motifs is 1. The summed E-state index contributed by atoms with van der Waals surface area (Å²) in [5.41, 5.74) is 1.73. The molecule has 0 aliphatic heterocycles. The van der Waals surface area contributed by atoms with Gasteiger partial charge in [-0.1, -0.05) is 29.3 Å². The summed E-state index contributed by atoms with van der Waals surface area (Å²) >= 11 is 12.0. The monoisotopic (exact) mass is 360 g/mol. The maximum atomic E-state index is 10.6. The van der Waals surface area contributed by atoms with Crippen molar-refractivity contribution in [3.63, 3.8) is 0 Å². The number of nitro benzene ring substituents is 1. The number of phenolic OH excluding ortho intramolecular Hbond substituents is 1. The fourth-order valence-electron chi connectivity index (χ4n) is 2.20. The molecule has 24 heavy (non-hydrogen) atoms. The molecular weight excluding hydrogens is 351 g/mol. The van der Waals surface area contributed by atoms with Crippen molar-refractivity contribution in [3.05, 3.63) is 73.9 Å². The van der Waals surface area contributed by atoms with Gasteiger partial charge >= 0.3 is 0 Å². The molecule has 1 aromatic heterocycles. The van der Waals surface area contributed by atoms with Crippen LogP contribution in [0.15, 0.2) is 42.5 Å². The number of nitrogens with zero attached hydrogens (tertiary/aromatic N) is 2. The zero-order valence-corrected chi connectivity index (χ0v) is 13.6. The summed E-state index contributed by atoms with van der Waals surface area (Å²) in [7, 11) is 0. The standard InChI is InChI=1S/C17H10Cl2N2O3/c18-14-9-15(19)17(22)16-13(14)8-5-11(20-16)4-1-10-2-6-12(7-3-10)21(23)24/h1-9,22H. The Labute approximate surface area is 146 Å². The largest absolute Gasteiger partial charge is 0.504 e. The summed E-state index contributed by atoms with van der Waals surface area (Å²) in [5.74, 6) is -0.123. The summed E-state index contributed by atoms with van der Waals surface area (Å²) in [4.78, 5) is 14.5. The summed E-state index contributed by atoms with van der Waals surface area (Å²) in [5, 5.41) is 21.8. The number of phenols is 1. The lowest BCUT2D eigenvalue weighted by molar-refractivity contribution is -0.384. The molecule has 0 aliphatic carbocycles. The summed E-state index contributed by atoms with van der Waals surface area (Å²) in [6.07, 6.45) is 3.50. The third-order valence-corrected chi connectivity index (χ3v) is 4.03. The van der Waals surface area contributed by atoms with Crippen LogP contribution in [-0.2, 0) is 0 Å². The van der Waals surface area contributed by atoms with Crippen molar-refractivity contribution in [1.82, 2.24) is 4.98 Å². The Hall–Kier alpha value is -2.63. The Kier molecular flexibility index (Phi) is 4.38. The number of rotatable bonds is 3. The van der Waals surface area contributed by atoms with E-state index in [1.807, 2.05) is 0 Å². The number of hydrogen-bond donors (Lipinski definition) is 1. The van der Waals surface area contributed by atoms with E-state index in [2.05, 4.69) is 4.98 Å². The van der Waals surface area contributed by atoms with Gasteiger partial charge in [-0.3, -0.25) is 10.1 Å². The Balaban J connectivity index is 1.95. The average molecular weight is 361 g/mol. The van der Waals surface area contributed by atoms with E-state index < -0.39 is 4.92 Å². The fourth-order valence-corrected chi connectivity index (χ4v) is 2.72. The van der Waals surface area contributed by atoms with Gasteiger partial charge in [0.05, 0.1) is 20.7 Å². The molecule has 0 spiro atoms. The zero-order valence-electron chi connectivity index (χ0n) is 12.1. The van der Waals surface area contributed by atoms with Gasteiger partial charge in [0.2, 0.25) is 0 Å². The van der Waals surface area contributed by atoms with Crippen molar-refractivity contribution in [3.8, 4) is 5.75 Å². The lowest BCUT2D eigenvalue weighted by Crippen LogP contribution is -1.87. The van der Waals surface area contributed by atoms with Crippen LogP contribution in [0.2, 0.25) is 10.0 Å². The molecule has 7 heteroatoms. The topological polar surface area (TPSA) is 76.3 Å². The lowest BCUT2D eigenvalue weighted by atomic mass is 10.1. The molecule has 0 radical (unpaired) electrons. The predicted octanol–water partition coefficient (Wildman–Crippen LogP) is 5.33. The lowest BCUT2D eigenvalue weighted by Gasteiger charge is -2.05. The number of nitro groups is 1. The van der Waals surface area contributed by atoms with Crippen molar-refractivity contribution >= 4 is 51.9 Å². The number of hydrogen-bond acceptors (Lipinski definition) is 4. The van der Waals surface area contributed by atoms with Crippen LogP contribution in [0.4, 0.5) is 5.69 Å². The number of aromatic hydroxyl groups is 1. The van der Waals surface area contributed by atoms with Crippen molar-refractivity contribution in [1.29, 1.82) is 0 Å². The van der Waals surface area contributed by atoms with E-state index >= 15 is 0 Å². The number of pyridine rings is 1.